The molecule has 4 rings (SSSR count). The smallest absolute Gasteiger partial charge is 0.406 e. The number of anilines is 1. The Morgan fingerprint density at radius 2 is 1.61 bits per heavy atom. The van der Waals surface area contributed by atoms with E-state index < -0.39 is 33.9 Å². The molecule has 1 N–H and O–H groups in total. The number of pyridine rings is 1. The highest BCUT2D eigenvalue weighted by Crippen LogP contribution is 2.26. The number of carbonyl (C=O) groups is 2. The van der Waals surface area contributed by atoms with Gasteiger partial charge in [0.2, 0.25) is 0 Å². The van der Waals surface area contributed by atoms with Gasteiger partial charge in [0.1, 0.15) is 11.4 Å². The molecular formula is C21H14F3N3O5S. The molecular weight excluding hydrogens is 463 g/mol. The number of nitrogens with one attached hydrogen (secondary N) is 1. The van der Waals surface area contributed by atoms with Crippen LogP contribution in [0.1, 0.15) is 26.4 Å². The Kier molecular flexibility index (Phi) is 5.54. The van der Waals surface area contributed by atoms with Crippen molar-refractivity contribution in [2.75, 3.05) is 4.72 Å². The number of ether oxygens (including phenoxy) is 1. The van der Waals surface area contributed by atoms with Crippen molar-refractivity contribution in [3.05, 3.63) is 83.7 Å². The van der Waals surface area contributed by atoms with Gasteiger partial charge < -0.3 is 4.74 Å². The monoisotopic (exact) mass is 477 g/mol. The molecule has 0 fully saturated rings. The summed E-state index contributed by atoms with van der Waals surface area (Å²) in [5.41, 5.74) is 0.819. The minimum atomic E-state index is -4.85. The third-order valence-corrected chi connectivity index (χ3v) is 6.04. The minimum Gasteiger partial charge on any atom is -0.406 e. The molecule has 1 aliphatic rings. The van der Waals surface area contributed by atoms with E-state index in [1.54, 1.807) is 6.07 Å². The van der Waals surface area contributed by atoms with Crippen LogP contribution in [0.3, 0.4) is 0 Å². The van der Waals surface area contributed by atoms with Crippen LogP contribution in [0.2, 0.25) is 0 Å². The number of nitrogens with zero attached hydrogens (tertiary/aromatic N) is 2. The van der Waals surface area contributed by atoms with E-state index in [0.717, 1.165) is 29.2 Å². The fourth-order valence-corrected chi connectivity index (χ4v) is 4.21. The second kappa shape index (κ2) is 8.20. The summed E-state index contributed by atoms with van der Waals surface area (Å²) in [5.74, 6) is -1.51. The molecule has 0 unspecified atom stereocenters. The van der Waals surface area contributed by atoms with Crippen molar-refractivity contribution in [3.63, 3.8) is 0 Å². The standard InChI is InChI=1S/C21H14F3N3O5S/c22-21(23,24)32-15-7-5-14(6-8-15)26-33(30,31)16-9-3-13(4-10-16)12-27-19(28)17-2-1-11-25-18(17)20(27)29/h1-11,26H,12H2. The lowest BCUT2D eigenvalue weighted by atomic mass is 10.2. The zero-order valence-electron chi connectivity index (χ0n) is 16.5. The number of carbonyl (C=O) groups excluding carboxylic acids is 2. The van der Waals surface area contributed by atoms with Crippen molar-refractivity contribution in [1.29, 1.82) is 0 Å². The molecule has 0 aliphatic carbocycles. The summed E-state index contributed by atoms with van der Waals surface area (Å²) >= 11 is 0. The van der Waals surface area contributed by atoms with Crippen LogP contribution < -0.4 is 9.46 Å². The van der Waals surface area contributed by atoms with Crippen LogP contribution in [0.5, 0.6) is 5.75 Å². The Labute approximate surface area is 185 Å². The molecule has 170 valence electrons. The van der Waals surface area contributed by atoms with Gasteiger partial charge in [-0.3, -0.25) is 24.2 Å². The highest BCUT2D eigenvalue weighted by molar-refractivity contribution is 7.92. The van der Waals surface area contributed by atoms with E-state index >= 15 is 0 Å². The van der Waals surface area contributed by atoms with Crippen LogP contribution in [-0.2, 0) is 16.6 Å². The number of fused-ring (bicyclic) bond motifs is 1. The normalized spacial score (nSPS) is 13.7. The Bertz CT molecular complexity index is 1290. The number of rotatable bonds is 6. The molecule has 2 heterocycles. The third-order valence-electron chi connectivity index (χ3n) is 4.65. The maximum absolute atomic E-state index is 12.6. The van der Waals surface area contributed by atoms with E-state index in [2.05, 4.69) is 14.4 Å². The van der Waals surface area contributed by atoms with Gasteiger partial charge >= 0.3 is 6.36 Å². The summed E-state index contributed by atoms with van der Waals surface area (Å²) in [6, 6.07) is 12.7. The van der Waals surface area contributed by atoms with Gasteiger partial charge in [0.25, 0.3) is 21.8 Å². The van der Waals surface area contributed by atoms with Crippen LogP contribution in [0.25, 0.3) is 0 Å². The lowest BCUT2D eigenvalue weighted by molar-refractivity contribution is -0.274. The van der Waals surface area contributed by atoms with Crippen molar-refractivity contribution >= 4 is 27.5 Å². The van der Waals surface area contributed by atoms with Crippen molar-refractivity contribution in [3.8, 4) is 5.75 Å². The molecule has 0 saturated heterocycles. The molecule has 33 heavy (non-hydrogen) atoms. The molecule has 1 aromatic heterocycles. The summed E-state index contributed by atoms with van der Waals surface area (Å²) in [7, 11) is -4.04. The number of amides is 2. The molecule has 1 aliphatic heterocycles. The number of halogens is 3. The number of aromatic nitrogens is 1. The van der Waals surface area contributed by atoms with E-state index in [9.17, 15) is 31.2 Å². The highest BCUT2D eigenvalue weighted by Gasteiger charge is 2.36. The molecule has 0 bridgehead atoms. The summed E-state index contributed by atoms with van der Waals surface area (Å²) in [4.78, 5) is 29.7. The Balaban J connectivity index is 1.44. The van der Waals surface area contributed by atoms with Crippen LogP contribution in [0, 0.1) is 0 Å². The number of hydrogen-bond donors (Lipinski definition) is 1. The largest absolute Gasteiger partial charge is 0.573 e. The first kappa shape index (κ1) is 22.3. The number of alkyl halides is 3. The quantitative estimate of drug-likeness (QED) is 0.544. The van der Waals surface area contributed by atoms with Crippen molar-refractivity contribution in [2.45, 2.75) is 17.8 Å². The highest BCUT2D eigenvalue weighted by atomic mass is 32.2. The van der Waals surface area contributed by atoms with E-state index in [1.807, 2.05) is 0 Å². The number of imide groups is 1. The molecule has 0 atom stereocenters. The first-order valence-corrected chi connectivity index (χ1v) is 10.8. The molecule has 0 radical (unpaired) electrons. The van der Waals surface area contributed by atoms with Gasteiger partial charge in [0.15, 0.2) is 0 Å². The summed E-state index contributed by atoms with van der Waals surface area (Å²) in [5, 5.41) is 0. The van der Waals surface area contributed by atoms with Gasteiger partial charge in [-0.1, -0.05) is 12.1 Å². The first-order valence-electron chi connectivity index (χ1n) is 9.32. The van der Waals surface area contributed by atoms with Gasteiger partial charge in [-0.2, -0.15) is 0 Å². The van der Waals surface area contributed by atoms with Gasteiger partial charge in [-0.25, -0.2) is 8.42 Å². The Hall–Kier alpha value is -3.93. The minimum absolute atomic E-state index is 0.0344. The fraction of sp³-hybridized carbons (Fsp3) is 0.0952. The van der Waals surface area contributed by atoms with Gasteiger partial charge in [-0.05, 0) is 54.1 Å². The predicted octanol–water partition coefficient (Wildman–Crippen LogP) is 3.58. The molecule has 3 aromatic rings. The van der Waals surface area contributed by atoms with Crippen molar-refractivity contribution in [1.82, 2.24) is 9.88 Å². The Morgan fingerprint density at radius 3 is 2.21 bits per heavy atom. The van der Waals surface area contributed by atoms with Gasteiger partial charge in [0.05, 0.1) is 17.0 Å². The lowest BCUT2D eigenvalue weighted by Gasteiger charge is -2.14. The van der Waals surface area contributed by atoms with E-state index in [-0.39, 0.29) is 28.4 Å². The summed E-state index contributed by atoms with van der Waals surface area (Å²) in [6.07, 6.45) is -3.44. The lowest BCUT2D eigenvalue weighted by Crippen LogP contribution is -2.29. The molecule has 8 nitrogen and oxygen atoms in total. The van der Waals surface area contributed by atoms with Gasteiger partial charge in [0, 0.05) is 11.9 Å². The SMILES string of the molecule is O=C1c2cccnc2C(=O)N1Cc1ccc(S(=O)(=O)Nc2ccc(OC(F)(F)F)cc2)cc1. The van der Waals surface area contributed by atoms with E-state index in [1.165, 1.54) is 36.5 Å². The maximum atomic E-state index is 12.6. The first-order chi connectivity index (χ1) is 15.5. The molecule has 2 amide bonds. The molecule has 0 saturated carbocycles. The van der Waals surface area contributed by atoms with E-state index in [0.29, 0.717) is 5.56 Å². The van der Waals surface area contributed by atoms with Crippen LogP contribution >= 0.6 is 0 Å². The predicted molar refractivity (Wildman–Crippen MR) is 109 cm³/mol. The van der Waals surface area contributed by atoms with Crippen LogP contribution in [0.15, 0.2) is 71.8 Å². The second-order valence-electron chi connectivity index (χ2n) is 6.92. The number of benzene rings is 2. The van der Waals surface area contributed by atoms with E-state index in [4.69, 9.17) is 0 Å². The molecule has 2 aromatic carbocycles. The average Bonchev–Trinajstić information content (AvgIpc) is 2.99. The third kappa shape index (κ3) is 4.80. The topological polar surface area (TPSA) is 106 Å². The second-order valence-corrected chi connectivity index (χ2v) is 8.60. The van der Waals surface area contributed by atoms with Crippen molar-refractivity contribution < 1.29 is 35.9 Å². The average molecular weight is 477 g/mol. The number of sulfonamides is 1. The van der Waals surface area contributed by atoms with Crippen molar-refractivity contribution in [2.24, 2.45) is 0 Å². The molecule has 0 spiro atoms. The number of hydrogen-bond acceptors (Lipinski definition) is 6. The van der Waals surface area contributed by atoms with Crippen LogP contribution in [0.4, 0.5) is 18.9 Å². The van der Waals surface area contributed by atoms with Crippen LogP contribution in [-0.4, -0.2) is 36.5 Å². The zero-order chi connectivity index (χ0) is 23.8. The maximum Gasteiger partial charge on any atom is 0.573 e. The molecule has 12 heteroatoms. The van der Waals surface area contributed by atoms with Gasteiger partial charge in [-0.15, -0.1) is 13.2 Å². The summed E-state index contributed by atoms with van der Waals surface area (Å²) in [6.45, 7) is -0.0670. The zero-order valence-corrected chi connectivity index (χ0v) is 17.4. The summed E-state index contributed by atoms with van der Waals surface area (Å²) < 4.78 is 67.8. The Morgan fingerprint density at radius 1 is 0.939 bits per heavy atom. The fourth-order valence-electron chi connectivity index (χ4n) is 3.15.